The Bertz CT molecular complexity index is 353. The zero-order chi connectivity index (χ0) is 8.55. The lowest BCUT2D eigenvalue weighted by Crippen LogP contribution is -2.01. The number of aliphatic imine (C=N–C) groups is 1. The highest BCUT2D eigenvalue weighted by atomic mass is 16.5. The van der Waals surface area contributed by atoms with Gasteiger partial charge in [0.1, 0.15) is 6.26 Å². The van der Waals surface area contributed by atoms with Crippen LogP contribution in [-0.2, 0) is 9.53 Å². The van der Waals surface area contributed by atoms with Gasteiger partial charge in [0, 0.05) is 0 Å². The van der Waals surface area contributed by atoms with Crippen molar-refractivity contribution < 1.29 is 14.1 Å². The Morgan fingerprint density at radius 2 is 2.42 bits per heavy atom. The summed E-state index contributed by atoms with van der Waals surface area (Å²) in [4.78, 5) is 14.3. The van der Waals surface area contributed by atoms with Crippen LogP contribution < -0.4 is 0 Å². The summed E-state index contributed by atoms with van der Waals surface area (Å²) in [6, 6.07) is 0. The minimum Gasteiger partial charge on any atom is -0.467 e. The minimum absolute atomic E-state index is 0.0138. The standard InChI is InChI=1S/C7H6N2O3/c1-4-5(2-12-9-4)7-8-6(10)3-11-7/h2H,3H2,1H3. The van der Waals surface area contributed by atoms with Gasteiger partial charge >= 0.3 is 0 Å². The van der Waals surface area contributed by atoms with Crippen molar-refractivity contribution in [3.63, 3.8) is 0 Å². The highest BCUT2D eigenvalue weighted by Gasteiger charge is 2.20. The van der Waals surface area contributed by atoms with Crippen molar-refractivity contribution in [3.8, 4) is 0 Å². The molecule has 1 aliphatic heterocycles. The molecule has 0 aliphatic carbocycles. The zero-order valence-corrected chi connectivity index (χ0v) is 6.40. The third-order valence-electron chi connectivity index (χ3n) is 1.54. The fourth-order valence-corrected chi connectivity index (χ4v) is 0.944. The molecular weight excluding hydrogens is 160 g/mol. The number of carbonyl (C=O) groups is 1. The second-order valence-corrected chi connectivity index (χ2v) is 2.41. The van der Waals surface area contributed by atoms with E-state index in [9.17, 15) is 4.79 Å². The number of ether oxygens (including phenoxy) is 1. The second-order valence-electron chi connectivity index (χ2n) is 2.41. The summed E-state index contributed by atoms with van der Waals surface area (Å²) < 4.78 is 9.66. The summed E-state index contributed by atoms with van der Waals surface area (Å²) >= 11 is 0. The van der Waals surface area contributed by atoms with E-state index in [0.29, 0.717) is 17.2 Å². The van der Waals surface area contributed by atoms with E-state index in [1.807, 2.05) is 0 Å². The Morgan fingerprint density at radius 1 is 1.58 bits per heavy atom. The van der Waals surface area contributed by atoms with Gasteiger partial charge in [0.05, 0.1) is 11.3 Å². The topological polar surface area (TPSA) is 64.7 Å². The van der Waals surface area contributed by atoms with E-state index < -0.39 is 0 Å². The molecule has 12 heavy (non-hydrogen) atoms. The summed E-state index contributed by atoms with van der Waals surface area (Å²) in [5, 5.41) is 3.64. The van der Waals surface area contributed by atoms with Crippen molar-refractivity contribution in [3.05, 3.63) is 17.5 Å². The second kappa shape index (κ2) is 2.44. The van der Waals surface area contributed by atoms with Crippen molar-refractivity contribution in [2.75, 3.05) is 6.61 Å². The number of amides is 1. The SMILES string of the molecule is Cc1nocc1C1=NC(=O)CO1. The van der Waals surface area contributed by atoms with Crippen LogP contribution in [0.1, 0.15) is 11.3 Å². The number of aryl methyl sites for hydroxylation is 1. The van der Waals surface area contributed by atoms with Gasteiger partial charge in [0.25, 0.3) is 5.91 Å². The molecule has 0 bridgehead atoms. The first-order valence-electron chi connectivity index (χ1n) is 3.43. The van der Waals surface area contributed by atoms with Crippen LogP contribution in [-0.4, -0.2) is 23.6 Å². The molecule has 0 unspecified atom stereocenters. The summed E-state index contributed by atoms with van der Waals surface area (Å²) in [5.74, 6) is 0.0318. The molecule has 0 fully saturated rings. The maximum atomic E-state index is 10.7. The average Bonchev–Trinajstić information content (AvgIpc) is 2.58. The van der Waals surface area contributed by atoms with Gasteiger partial charge < -0.3 is 9.26 Å². The molecule has 0 saturated carbocycles. The predicted octanol–water partition coefficient (Wildman–Crippen LogP) is 0.286. The van der Waals surface area contributed by atoms with Crippen LogP contribution in [0.2, 0.25) is 0 Å². The molecule has 62 valence electrons. The molecule has 0 aromatic carbocycles. The summed E-state index contributed by atoms with van der Waals surface area (Å²) in [6.45, 7) is 1.77. The zero-order valence-electron chi connectivity index (χ0n) is 6.40. The predicted molar refractivity (Wildman–Crippen MR) is 38.7 cm³/mol. The third-order valence-corrected chi connectivity index (χ3v) is 1.54. The first-order chi connectivity index (χ1) is 5.77. The van der Waals surface area contributed by atoms with Gasteiger partial charge in [-0.3, -0.25) is 4.79 Å². The Kier molecular flexibility index (Phi) is 1.43. The van der Waals surface area contributed by atoms with Gasteiger partial charge in [0.2, 0.25) is 5.90 Å². The minimum atomic E-state index is -0.273. The molecule has 2 rings (SSSR count). The molecule has 5 nitrogen and oxygen atoms in total. The maximum absolute atomic E-state index is 10.7. The summed E-state index contributed by atoms with van der Waals surface area (Å²) in [7, 11) is 0. The molecule has 0 radical (unpaired) electrons. The number of nitrogens with zero attached hydrogens (tertiary/aromatic N) is 2. The average molecular weight is 166 g/mol. The molecule has 2 heterocycles. The van der Waals surface area contributed by atoms with Gasteiger partial charge in [-0.2, -0.15) is 4.99 Å². The first kappa shape index (κ1) is 7.02. The number of aromatic nitrogens is 1. The van der Waals surface area contributed by atoms with E-state index >= 15 is 0 Å². The molecule has 0 N–H and O–H groups in total. The van der Waals surface area contributed by atoms with Crippen molar-refractivity contribution in [1.29, 1.82) is 0 Å². The van der Waals surface area contributed by atoms with Crippen LogP contribution in [0.15, 0.2) is 15.8 Å². The van der Waals surface area contributed by atoms with Gasteiger partial charge in [-0.15, -0.1) is 0 Å². The van der Waals surface area contributed by atoms with E-state index in [4.69, 9.17) is 4.74 Å². The van der Waals surface area contributed by atoms with E-state index in [2.05, 4.69) is 14.7 Å². The largest absolute Gasteiger partial charge is 0.467 e. The van der Waals surface area contributed by atoms with E-state index in [1.165, 1.54) is 6.26 Å². The fourth-order valence-electron chi connectivity index (χ4n) is 0.944. The normalized spacial score (nSPS) is 16.1. The molecular formula is C7H6N2O3. The van der Waals surface area contributed by atoms with E-state index in [-0.39, 0.29) is 12.5 Å². The van der Waals surface area contributed by atoms with Gasteiger partial charge in [-0.25, -0.2) is 0 Å². The molecule has 5 heteroatoms. The molecule has 0 spiro atoms. The van der Waals surface area contributed by atoms with Crippen molar-refractivity contribution >= 4 is 11.8 Å². The van der Waals surface area contributed by atoms with Crippen LogP contribution in [0.5, 0.6) is 0 Å². The molecule has 1 aromatic heterocycles. The molecule has 0 saturated heterocycles. The smallest absolute Gasteiger partial charge is 0.286 e. The number of hydrogen-bond acceptors (Lipinski definition) is 4. The van der Waals surface area contributed by atoms with Gasteiger partial charge in [-0.1, -0.05) is 5.16 Å². The quantitative estimate of drug-likeness (QED) is 0.601. The van der Waals surface area contributed by atoms with Crippen LogP contribution in [0, 0.1) is 6.92 Å². The van der Waals surface area contributed by atoms with Gasteiger partial charge in [0.15, 0.2) is 6.61 Å². The maximum Gasteiger partial charge on any atom is 0.286 e. The Labute approximate surface area is 68.0 Å². The lowest BCUT2D eigenvalue weighted by Gasteiger charge is -1.94. The summed E-state index contributed by atoms with van der Waals surface area (Å²) in [6.07, 6.45) is 1.41. The van der Waals surface area contributed by atoms with Crippen LogP contribution in [0.25, 0.3) is 0 Å². The Hall–Kier alpha value is -1.65. The Morgan fingerprint density at radius 3 is 2.92 bits per heavy atom. The lowest BCUT2D eigenvalue weighted by molar-refractivity contribution is -0.118. The van der Waals surface area contributed by atoms with Crippen LogP contribution in [0.4, 0.5) is 0 Å². The monoisotopic (exact) mass is 166 g/mol. The molecule has 1 aliphatic rings. The van der Waals surface area contributed by atoms with E-state index in [1.54, 1.807) is 6.92 Å². The van der Waals surface area contributed by atoms with Crippen LogP contribution >= 0.6 is 0 Å². The van der Waals surface area contributed by atoms with Crippen molar-refractivity contribution in [2.45, 2.75) is 6.92 Å². The van der Waals surface area contributed by atoms with Crippen molar-refractivity contribution in [2.24, 2.45) is 4.99 Å². The summed E-state index contributed by atoms with van der Waals surface area (Å²) in [5.41, 5.74) is 1.31. The van der Waals surface area contributed by atoms with Gasteiger partial charge in [-0.05, 0) is 6.92 Å². The molecule has 1 amide bonds. The molecule has 0 atom stereocenters. The number of carbonyl (C=O) groups excluding carboxylic acids is 1. The van der Waals surface area contributed by atoms with Crippen molar-refractivity contribution in [1.82, 2.24) is 5.16 Å². The molecule has 1 aromatic rings. The first-order valence-corrected chi connectivity index (χ1v) is 3.43. The highest BCUT2D eigenvalue weighted by molar-refractivity contribution is 6.06. The fraction of sp³-hybridized carbons (Fsp3) is 0.286. The number of rotatable bonds is 1. The highest BCUT2D eigenvalue weighted by Crippen LogP contribution is 2.11. The third kappa shape index (κ3) is 0.990. The lowest BCUT2D eigenvalue weighted by atomic mass is 10.3. The Balaban J connectivity index is 2.38. The van der Waals surface area contributed by atoms with E-state index in [0.717, 1.165) is 0 Å². The van der Waals surface area contributed by atoms with Crippen LogP contribution in [0.3, 0.4) is 0 Å². The number of hydrogen-bond donors (Lipinski definition) is 0.